The van der Waals surface area contributed by atoms with Gasteiger partial charge in [-0.1, -0.05) is 36.4 Å². The Balaban J connectivity index is 1.71. The third-order valence-corrected chi connectivity index (χ3v) is 4.70. The number of ether oxygens (including phenoxy) is 1. The van der Waals surface area contributed by atoms with E-state index < -0.39 is 18.0 Å². The number of halogens is 3. The average molecular weight is 395 g/mol. The third kappa shape index (κ3) is 2.89. The second kappa shape index (κ2) is 6.10. The highest BCUT2D eigenvalue weighted by atomic mass is 19.4. The lowest BCUT2D eigenvalue weighted by atomic mass is 10.1. The summed E-state index contributed by atoms with van der Waals surface area (Å²) in [6.45, 7) is 0. The Hall–Kier alpha value is -3.81. The first-order valence-corrected chi connectivity index (χ1v) is 8.69. The van der Waals surface area contributed by atoms with E-state index in [-0.39, 0.29) is 11.3 Å². The van der Waals surface area contributed by atoms with Crippen molar-refractivity contribution in [1.29, 1.82) is 0 Å². The van der Waals surface area contributed by atoms with Crippen LogP contribution in [0.4, 0.5) is 18.9 Å². The molecule has 3 aromatic carbocycles. The van der Waals surface area contributed by atoms with Gasteiger partial charge in [-0.3, -0.25) is 4.79 Å². The van der Waals surface area contributed by atoms with Gasteiger partial charge in [0.25, 0.3) is 5.91 Å². The Morgan fingerprint density at radius 3 is 2.14 bits per heavy atom. The van der Waals surface area contributed by atoms with E-state index in [1.54, 1.807) is 4.68 Å². The number of nitrogens with one attached hydrogen (secondary N) is 1. The summed E-state index contributed by atoms with van der Waals surface area (Å²) in [5.74, 6) is -0.909. The van der Waals surface area contributed by atoms with Gasteiger partial charge in [0.1, 0.15) is 5.75 Å². The summed E-state index contributed by atoms with van der Waals surface area (Å²) in [7, 11) is 0. The predicted molar refractivity (Wildman–Crippen MR) is 103 cm³/mol. The largest absolute Gasteiger partial charge is 0.573 e. The number of nitrogens with zero attached hydrogens (tertiary/aromatic N) is 2. The minimum absolute atomic E-state index is 0.0131. The molecule has 4 aromatic rings. The fourth-order valence-corrected chi connectivity index (χ4v) is 3.54. The van der Waals surface area contributed by atoms with Gasteiger partial charge in [0.05, 0.1) is 16.7 Å². The highest BCUT2D eigenvalue weighted by Crippen LogP contribution is 2.33. The lowest BCUT2D eigenvalue weighted by molar-refractivity contribution is -0.274. The number of benzene rings is 3. The second-order valence-electron chi connectivity index (χ2n) is 6.50. The summed E-state index contributed by atoms with van der Waals surface area (Å²) in [4.78, 5) is 12.5. The standard InChI is InChI=1S/C21H12F3N3O2/c22-21(23,24)29-12-9-10-16-15(11-12)19(20(28)25-16)26-27-17-7-3-1-5-13(17)14-6-2-4-8-18(14)27/h1-11H,(H,25,26,28). The van der Waals surface area contributed by atoms with Crippen LogP contribution in [-0.4, -0.2) is 22.7 Å². The molecule has 0 spiro atoms. The Labute approximate surface area is 162 Å². The van der Waals surface area contributed by atoms with Crippen LogP contribution in [0.25, 0.3) is 21.8 Å². The molecule has 0 unspecified atom stereocenters. The Morgan fingerprint density at radius 1 is 0.897 bits per heavy atom. The first-order chi connectivity index (χ1) is 13.9. The number of carbonyl (C=O) groups excluding carboxylic acids is 1. The molecular formula is C21H12F3N3O2. The lowest BCUT2D eigenvalue weighted by Gasteiger charge is -2.09. The smallest absolute Gasteiger partial charge is 0.406 e. The molecule has 5 rings (SSSR count). The molecule has 29 heavy (non-hydrogen) atoms. The van der Waals surface area contributed by atoms with E-state index in [2.05, 4.69) is 15.2 Å². The molecule has 0 radical (unpaired) electrons. The van der Waals surface area contributed by atoms with E-state index >= 15 is 0 Å². The molecule has 0 atom stereocenters. The number of anilines is 1. The highest BCUT2D eigenvalue weighted by Gasteiger charge is 2.33. The summed E-state index contributed by atoms with van der Waals surface area (Å²) in [6, 6.07) is 18.8. The molecule has 0 bridgehead atoms. The van der Waals surface area contributed by atoms with E-state index in [4.69, 9.17) is 0 Å². The fraction of sp³-hybridized carbons (Fsp3) is 0.0476. The van der Waals surface area contributed by atoms with E-state index in [0.29, 0.717) is 5.69 Å². The summed E-state index contributed by atoms with van der Waals surface area (Å²) < 4.78 is 43.4. The number of carbonyl (C=O) groups is 1. The summed E-state index contributed by atoms with van der Waals surface area (Å²) in [5.41, 5.74) is 2.21. The number of fused-ring (bicyclic) bond motifs is 4. The van der Waals surface area contributed by atoms with Crippen LogP contribution in [0, 0.1) is 0 Å². The molecule has 8 heteroatoms. The van der Waals surface area contributed by atoms with Crippen molar-refractivity contribution in [3.8, 4) is 5.75 Å². The van der Waals surface area contributed by atoms with E-state index in [1.807, 2.05) is 48.5 Å². The fourth-order valence-electron chi connectivity index (χ4n) is 3.54. The van der Waals surface area contributed by atoms with Crippen LogP contribution in [-0.2, 0) is 4.79 Å². The van der Waals surface area contributed by atoms with E-state index in [1.165, 1.54) is 6.07 Å². The maximum Gasteiger partial charge on any atom is 0.573 e. The number of para-hydroxylation sites is 2. The Kier molecular flexibility index (Phi) is 3.64. The van der Waals surface area contributed by atoms with Gasteiger partial charge in [-0.25, -0.2) is 4.68 Å². The molecule has 1 aliphatic heterocycles. The zero-order chi connectivity index (χ0) is 20.2. The molecule has 1 aliphatic rings. The molecule has 1 N–H and O–H groups in total. The van der Waals surface area contributed by atoms with Crippen molar-refractivity contribution >= 4 is 39.1 Å². The minimum Gasteiger partial charge on any atom is -0.406 e. The zero-order valence-electron chi connectivity index (χ0n) is 14.7. The SMILES string of the molecule is O=C1Nc2ccc(OC(F)(F)F)cc2/C1=N/n1c2ccccc2c2ccccc21. The molecule has 2 heterocycles. The molecule has 1 amide bonds. The number of alkyl halides is 3. The van der Waals surface area contributed by atoms with Crippen molar-refractivity contribution in [2.75, 3.05) is 5.32 Å². The van der Waals surface area contributed by atoms with Gasteiger partial charge in [0.2, 0.25) is 0 Å². The lowest BCUT2D eigenvalue weighted by Crippen LogP contribution is -2.17. The van der Waals surface area contributed by atoms with Gasteiger partial charge in [0.15, 0.2) is 5.71 Å². The molecule has 0 aliphatic carbocycles. The quantitative estimate of drug-likeness (QED) is 0.525. The van der Waals surface area contributed by atoms with Gasteiger partial charge in [-0.2, -0.15) is 5.10 Å². The predicted octanol–water partition coefficient (Wildman–Crippen LogP) is 4.90. The average Bonchev–Trinajstić information content (AvgIpc) is 3.16. The van der Waals surface area contributed by atoms with Crippen LogP contribution in [0.5, 0.6) is 5.75 Å². The monoisotopic (exact) mass is 395 g/mol. The molecule has 0 fully saturated rings. The minimum atomic E-state index is -4.82. The summed E-state index contributed by atoms with van der Waals surface area (Å²) in [6.07, 6.45) is -4.82. The maximum atomic E-state index is 12.6. The summed E-state index contributed by atoms with van der Waals surface area (Å²) in [5, 5.41) is 9.06. The number of hydrogen-bond donors (Lipinski definition) is 1. The van der Waals surface area contributed by atoms with Gasteiger partial charge in [-0.05, 0) is 30.3 Å². The molecule has 1 aromatic heterocycles. The van der Waals surface area contributed by atoms with Crippen molar-refractivity contribution < 1.29 is 22.7 Å². The first-order valence-electron chi connectivity index (χ1n) is 8.69. The van der Waals surface area contributed by atoms with Gasteiger partial charge >= 0.3 is 6.36 Å². The van der Waals surface area contributed by atoms with Crippen LogP contribution in [0.2, 0.25) is 0 Å². The normalized spacial score (nSPS) is 15.1. The molecule has 144 valence electrons. The zero-order valence-corrected chi connectivity index (χ0v) is 14.7. The van der Waals surface area contributed by atoms with E-state index in [0.717, 1.165) is 33.9 Å². The first kappa shape index (κ1) is 17.3. The van der Waals surface area contributed by atoms with Gasteiger partial charge in [-0.15, -0.1) is 13.2 Å². The maximum absolute atomic E-state index is 12.6. The van der Waals surface area contributed by atoms with Crippen LogP contribution in [0.3, 0.4) is 0 Å². The van der Waals surface area contributed by atoms with Crippen molar-refractivity contribution in [3.63, 3.8) is 0 Å². The van der Waals surface area contributed by atoms with Crippen molar-refractivity contribution in [2.24, 2.45) is 5.10 Å². The number of aromatic nitrogens is 1. The Morgan fingerprint density at radius 2 is 1.52 bits per heavy atom. The van der Waals surface area contributed by atoms with Crippen LogP contribution >= 0.6 is 0 Å². The second-order valence-corrected chi connectivity index (χ2v) is 6.50. The molecule has 5 nitrogen and oxygen atoms in total. The number of hydrogen-bond acceptors (Lipinski definition) is 3. The summed E-state index contributed by atoms with van der Waals surface area (Å²) >= 11 is 0. The third-order valence-electron chi connectivity index (χ3n) is 4.70. The van der Waals surface area contributed by atoms with Crippen molar-refractivity contribution in [2.45, 2.75) is 6.36 Å². The molecule has 0 saturated heterocycles. The highest BCUT2D eigenvalue weighted by molar-refractivity contribution is 6.53. The van der Waals surface area contributed by atoms with Gasteiger partial charge < -0.3 is 10.1 Å². The Bertz CT molecular complexity index is 1270. The van der Waals surface area contributed by atoms with Crippen molar-refractivity contribution in [1.82, 2.24) is 4.68 Å². The van der Waals surface area contributed by atoms with Crippen molar-refractivity contribution in [3.05, 3.63) is 72.3 Å². The molecule has 0 saturated carbocycles. The number of amides is 1. The van der Waals surface area contributed by atoms with Gasteiger partial charge in [0, 0.05) is 16.3 Å². The van der Waals surface area contributed by atoms with E-state index in [9.17, 15) is 18.0 Å². The van der Waals surface area contributed by atoms with Crippen LogP contribution in [0.1, 0.15) is 5.56 Å². The van der Waals surface area contributed by atoms with Crippen LogP contribution in [0.15, 0.2) is 71.8 Å². The topological polar surface area (TPSA) is 55.6 Å². The molecular weight excluding hydrogens is 383 g/mol. The van der Waals surface area contributed by atoms with Crippen LogP contribution < -0.4 is 10.1 Å². The number of rotatable bonds is 2.